The van der Waals surface area contributed by atoms with Crippen LogP contribution in [0.2, 0.25) is 0 Å². The molecule has 3 amide bonds. The molecule has 1 aliphatic carbocycles. The van der Waals surface area contributed by atoms with E-state index in [1.807, 2.05) is 0 Å². The maximum Gasteiger partial charge on any atom is 0.321 e. The van der Waals surface area contributed by atoms with Gasteiger partial charge >= 0.3 is 6.03 Å². The molecule has 0 aromatic heterocycles. The van der Waals surface area contributed by atoms with Gasteiger partial charge < -0.3 is 10.6 Å². The van der Waals surface area contributed by atoms with Gasteiger partial charge in [-0.2, -0.15) is 0 Å². The number of imide groups is 1. The molecular formula is C14H26N4O2. The average molecular weight is 282 g/mol. The predicted molar refractivity (Wildman–Crippen MR) is 77.4 cm³/mol. The van der Waals surface area contributed by atoms with Crippen molar-refractivity contribution >= 4 is 11.9 Å². The molecular weight excluding hydrogens is 256 g/mol. The number of urea groups is 1. The Morgan fingerprint density at radius 2 is 1.90 bits per heavy atom. The van der Waals surface area contributed by atoms with Crippen LogP contribution in [0.15, 0.2) is 0 Å². The van der Waals surface area contributed by atoms with Crippen molar-refractivity contribution in [1.82, 2.24) is 20.9 Å². The first-order valence-corrected chi connectivity index (χ1v) is 7.65. The summed E-state index contributed by atoms with van der Waals surface area (Å²) >= 11 is 0. The molecule has 0 atom stereocenters. The van der Waals surface area contributed by atoms with Gasteiger partial charge in [-0.05, 0) is 44.7 Å². The monoisotopic (exact) mass is 282 g/mol. The zero-order valence-corrected chi connectivity index (χ0v) is 12.3. The summed E-state index contributed by atoms with van der Waals surface area (Å²) in [5.74, 6) is 0.555. The number of nitrogens with zero attached hydrogens (tertiary/aromatic N) is 1. The maximum absolute atomic E-state index is 11.6. The van der Waals surface area contributed by atoms with Gasteiger partial charge in [0, 0.05) is 32.6 Å². The van der Waals surface area contributed by atoms with Gasteiger partial charge in [-0.25, -0.2) is 4.79 Å². The second-order valence-corrected chi connectivity index (χ2v) is 5.80. The first-order valence-electron chi connectivity index (χ1n) is 7.65. The van der Waals surface area contributed by atoms with E-state index in [9.17, 15) is 9.59 Å². The van der Waals surface area contributed by atoms with E-state index in [1.165, 1.54) is 32.7 Å². The van der Waals surface area contributed by atoms with Crippen molar-refractivity contribution in [3.63, 3.8) is 0 Å². The highest BCUT2D eigenvalue weighted by Crippen LogP contribution is 2.28. The van der Waals surface area contributed by atoms with Gasteiger partial charge in [0.15, 0.2) is 0 Å². The van der Waals surface area contributed by atoms with Crippen molar-refractivity contribution in [2.24, 2.45) is 5.92 Å². The lowest BCUT2D eigenvalue weighted by Gasteiger charge is -2.30. The van der Waals surface area contributed by atoms with Crippen LogP contribution in [0.3, 0.4) is 0 Å². The minimum absolute atomic E-state index is 0.194. The second-order valence-electron chi connectivity index (χ2n) is 5.80. The van der Waals surface area contributed by atoms with E-state index in [-0.39, 0.29) is 5.91 Å². The maximum atomic E-state index is 11.6. The van der Waals surface area contributed by atoms with E-state index in [0.29, 0.717) is 12.5 Å². The molecule has 1 heterocycles. The standard InChI is InChI=1S/C14H26N4O2/c1-15-14(20)17-13(19)6-9-18(12-2-3-12)10-11-4-7-16-8-5-11/h11-12,16H,2-10H2,1H3,(H2,15,17,19,20). The van der Waals surface area contributed by atoms with E-state index in [1.54, 1.807) is 0 Å². The molecule has 114 valence electrons. The van der Waals surface area contributed by atoms with Gasteiger partial charge in [0.05, 0.1) is 0 Å². The molecule has 20 heavy (non-hydrogen) atoms. The molecule has 6 nitrogen and oxygen atoms in total. The van der Waals surface area contributed by atoms with Crippen LogP contribution in [0, 0.1) is 5.92 Å². The number of carbonyl (C=O) groups is 2. The van der Waals surface area contributed by atoms with Crippen molar-refractivity contribution in [3.05, 3.63) is 0 Å². The van der Waals surface area contributed by atoms with Gasteiger partial charge in [0.25, 0.3) is 0 Å². The molecule has 2 aliphatic rings. The van der Waals surface area contributed by atoms with Gasteiger partial charge in [-0.15, -0.1) is 0 Å². The fourth-order valence-electron chi connectivity index (χ4n) is 2.76. The fourth-order valence-corrected chi connectivity index (χ4v) is 2.76. The normalized spacial score (nSPS) is 19.9. The van der Waals surface area contributed by atoms with Crippen LogP contribution >= 0.6 is 0 Å². The van der Waals surface area contributed by atoms with Gasteiger partial charge in [0.2, 0.25) is 5.91 Å². The van der Waals surface area contributed by atoms with Crippen LogP contribution in [0.5, 0.6) is 0 Å². The van der Waals surface area contributed by atoms with Gasteiger partial charge in [-0.1, -0.05) is 0 Å². The Morgan fingerprint density at radius 1 is 1.20 bits per heavy atom. The van der Waals surface area contributed by atoms with E-state index in [0.717, 1.165) is 32.1 Å². The Hall–Kier alpha value is -1.14. The Morgan fingerprint density at radius 3 is 2.50 bits per heavy atom. The van der Waals surface area contributed by atoms with E-state index in [2.05, 4.69) is 20.9 Å². The van der Waals surface area contributed by atoms with E-state index < -0.39 is 6.03 Å². The smallest absolute Gasteiger partial charge is 0.321 e. The molecule has 0 aromatic carbocycles. The number of hydrogen-bond donors (Lipinski definition) is 3. The summed E-state index contributed by atoms with van der Waals surface area (Å²) in [5, 5.41) is 8.10. The molecule has 0 aromatic rings. The number of nitrogens with one attached hydrogen (secondary N) is 3. The van der Waals surface area contributed by atoms with Crippen LogP contribution < -0.4 is 16.0 Å². The quantitative estimate of drug-likeness (QED) is 0.655. The molecule has 0 spiro atoms. The number of hydrogen-bond acceptors (Lipinski definition) is 4. The summed E-state index contributed by atoms with van der Waals surface area (Å²) in [4.78, 5) is 25.2. The summed E-state index contributed by atoms with van der Waals surface area (Å²) in [6.07, 6.45) is 5.36. The zero-order chi connectivity index (χ0) is 14.4. The molecule has 3 N–H and O–H groups in total. The van der Waals surface area contributed by atoms with Crippen molar-refractivity contribution in [2.75, 3.05) is 33.2 Å². The topological polar surface area (TPSA) is 73.5 Å². The first-order chi connectivity index (χ1) is 9.69. The Bertz CT molecular complexity index is 338. The predicted octanol–water partition coefficient (Wildman–Crippen LogP) is 0.296. The lowest BCUT2D eigenvalue weighted by molar-refractivity contribution is -0.120. The second kappa shape index (κ2) is 7.59. The SMILES string of the molecule is CNC(=O)NC(=O)CCN(CC1CCNCC1)C1CC1. The van der Waals surface area contributed by atoms with Crippen molar-refractivity contribution in [1.29, 1.82) is 0 Å². The highest BCUT2D eigenvalue weighted by Gasteiger charge is 2.31. The minimum Gasteiger partial charge on any atom is -0.341 e. The van der Waals surface area contributed by atoms with Crippen LogP contribution in [-0.4, -0.2) is 56.1 Å². The Balaban J connectivity index is 1.71. The molecule has 1 aliphatic heterocycles. The van der Waals surface area contributed by atoms with Crippen LogP contribution in [0.25, 0.3) is 0 Å². The van der Waals surface area contributed by atoms with Crippen molar-refractivity contribution in [3.8, 4) is 0 Å². The van der Waals surface area contributed by atoms with E-state index >= 15 is 0 Å². The summed E-state index contributed by atoms with van der Waals surface area (Å²) in [6, 6.07) is 0.240. The Labute approximate surface area is 120 Å². The number of amides is 3. The number of piperidine rings is 1. The molecule has 6 heteroatoms. The van der Waals surface area contributed by atoms with Crippen LogP contribution in [0.4, 0.5) is 4.79 Å². The summed E-state index contributed by atoms with van der Waals surface area (Å²) in [7, 11) is 1.51. The Kier molecular flexibility index (Phi) is 5.79. The highest BCUT2D eigenvalue weighted by molar-refractivity contribution is 5.94. The highest BCUT2D eigenvalue weighted by atomic mass is 16.2. The lowest BCUT2D eigenvalue weighted by Crippen LogP contribution is -2.41. The van der Waals surface area contributed by atoms with Crippen LogP contribution in [0.1, 0.15) is 32.1 Å². The largest absolute Gasteiger partial charge is 0.341 e. The molecule has 1 saturated carbocycles. The zero-order valence-electron chi connectivity index (χ0n) is 12.3. The molecule has 2 rings (SSSR count). The third-order valence-electron chi connectivity index (χ3n) is 4.12. The molecule has 2 fully saturated rings. The molecule has 0 radical (unpaired) electrons. The fraction of sp³-hybridized carbons (Fsp3) is 0.857. The number of carbonyl (C=O) groups excluding carboxylic acids is 2. The van der Waals surface area contributed by atoms with E-state index in [4.69, 9.17) is 0 Å². The van der Waals surface area contributed by atoms with Crippen molar-refractivity contribution < 1.29 is 9.59 Å². The molecule has 0 unspecified atom stereocenters. The molecule has 0 bridgehead atoms. The minimum atomic E-state index is -0.425. The van der Waals surface area contributed by atoms with Crippen LogP contribution in [-0.2, 0) is 4.79 Å². The van der Waals surface area contributed by atoms with Gasteiger partial charge in [0.1, 0.15) is 0 Å². The van der Waals surface area contributed by atoms with Crippen molar-refractivity contribution in [2.45, 2.75) is 38.1 Å². The van der Waals surface area contributed by atoms with Gasteiger partial charge in [-0.3, -0.25) is 15.0 Å². The number of rotatable bonds is 6. The third-order valence-corrected chi connectivity index (χ3v) is 4.12. The summed E-state index contributed by atoms with van der Waals surface area (Å²) in [6.45, 7) is 4.08. The summed E-state index contributed by atoms with van der Waals surface area (Å²) < 4.78 is 0. The lowest BCUT2D eigenvalue weighted by atomic mass is 9.97. The first kappa shape index (κ1) is 15.3. The summed E-state index contributed by atoms with van der Waals surface area (Å²) in [5.41, 5.74) is 0. The average Bonchev–Trinajstić information content (AvgIpc) is 3.29. The molecule has 1 saturated heterocycles. The third kappa shape index (κ3) is 5.09.